The summed E-state index contributed by atoms with van der Waals surface area (Å²) >= 11 is 0. The zero-order valence-corrected chi connectivity index (χ0v) is 16.0. The first-order valence-electron chi connectivity index (χ1n) is 9.30. The lowest BCUT2D eigenvalue weighted by Gasteiger charge is -2.33. The number of amides is 1. The van der Waals surface area contributed by atoms with Gasteiger partial charge in [0.2, 0.25) is 5.91 Å². The molecule has 1 amide bonds. The average molecular weight is 372 g/mol. The van der Waals surface area contributed by atoms with Gasteiger partial charge in [-0.05, 0) is 19.1 Å². The molecule has 1 aromatic heterocycles. The summed E-state index contributed by atoms with van der Waals surface area (Å²) in [5.74, 6) is -0.159. The molecule has 1 aliphatic rings. The van der Waals surface area contributed by atoms with Crippen LogP contribution >= 0.6 is 0 Å². The number of nitrogens with two attached hydrogens (primary N) is 1. The molecule has 0 saturated carbocycles. The van der Waals surface area contributed by atoms with Crippen LogP contribution in [0.4, 0.5) is 5.69 Å². The number of rotatable bonds is 6. The molecule has 0 aliphatic carbocycles. The minimum Gasteiger partial charge on any atom is -0.329 e. The topological polar surface area (TPSA) is 88.5 Å². The summed E-state index contributed by atoms with van der Waals surface area (Å²) in [6, 6.07) is 9.40. The van der Waals surface area contributed by atoms with E-state index >= 15 is 0 Å². The Balaban J connectivity index is 1.68. The molecule has 2 aromatic rings. The number of nitrogens with one attached hydrogen (secondary N) is 1. The van der Waals surface area contributed by atoms with Gasteiger partial charge in [-0.15, -0.1) is 0 Å². The van der Waals surface area contributed by atoms with Crippen molar-refractivity contribution in [3.63, 3.8) is 0 Å². The number of aromatic nitrogens is 2. The van der Waals surface area contributed by atoms with Crippen molar-refractivity contribution in [1.29, 1.82) is 0 Å². The van der Waals surface area contributed by atoms with Gasteiger partial charge in [-0.3, -0.25) is 24.1 Å². The quantitative estimate of drug-likeness (QED) is 0.745. The highest BCUT2D eigenvalue weighted by Crippen LogP contribution is 2.14. The van der Waals surface area contributed by atoms with E-state index in [0.29, 0.717) is 12.2 Å². The third-order valence-electron chi connectivity index (χ3n) is 5.10. The number of carbonyl (C=O) groups is 1. The monoisotopic (exact) mass is 372 g/mol. The molecule has 8 nitrogen and oxygen atoms in total. The molecule has 1 aromatic carbocycles. The van der Waals surface area contributed by atoms with Crippen LogP contribution in [0.15, 0.2) is 35.1 Å². The van der Waals surface area contributed by atoms with E-state index in [-0.39, 0.29) is 18.0 Å². The fraction of sp³-hybridized carbons (Fsp3) is 0.474. The summed E-state index contributed by atoms with van der Waals surface area (Å²) in [7, 11) is 1.82. The predicted molar refractivity (Wildman–Crippen MR) is 106 cm³/mol. The second-order valence-corrected chi connectivity index (χ2v) is 6.89. The Morgan fingerprint density at radius 1 is 1.11 bits per heavy atom. The Kier molecular flexibility index (Phi) is 6.10. The summed E-state index contributed by atoms with van der Waals surface area (Å²) in [6.45, 7) is 7.15. The van der Waals surface area contributed by atoms with E-state index in [2.05, 4.69) is 15.1 Å². The molecule has 27 heavy (non-hydrogen) atoms. The maximum absolute atomic E-state index is 12.8. The highest BCUT2D eigenvalue weighted by Gasteiger charge is 2.21. The Morgan fingerprint density at radius 3 is 2.37 bits per heavy atom. The smallest absolute Gasteiger partial charge is 0.295 e. The van der Waals surface area contributed by atoms with Crippen LogP contribution in [0, 0.1) is 6.92 Å². The van der Waals surface area contributed by atoms with Crippen LogP contribution < -0.4 is 16.6 Å². The van der Waals surface area contributed by atoms with Crippen molar-refractivity contribution < 1.29 is 4.79 Å². The normalized spacial score (nSPS) is 15.8. The molecule has 8 heteroatoms. The number of piperazine rings is 1. The summed E-state index contributed by atoms with van der Waals surface area (Å²) in [5.41, 5.74) is 7.21. The Hall–Kier alpha value is -2.42. The molecule has 0 bridgehead atoms. The first kappa shape index (κ1) is 19.3. The maximum Gasteiger partial charge on any atom is 0.295 e. The highest BCUT2D eigenvalue weighted by atomic mass is 16.2. The number of anilines is 1. The van der Waals surface area contributed by atoms with Gasteiger partial charge in [0.1, 0.15) is 5.69 Å². The van der Waals surface area contributed by atoms with E-state index < -0.39 is 0 Å². The van der Waals surface area contributed by atoms with Gasteiger partial charge in [0.15, 0.2) is 0 Å². The molecule has 0 atom stereocenters. The van der Waals surface area contributed by atoms with E-state index in [0.717, 1.165) is 44.1 Å². The van der Waals surface area contributed by atoms with Gasteiger partial charge < -0.3 is 11.1 Å². The zero-order valence-electron chi connectivity index (χ0n) is 16.0. The third-order valence-corrected chi connectivity index (χ3v) is 5.10. The van der Waals surface area contributed by atoms with Gasteiger partial charge in [-0.2, -0.15) is 0 Å². The molecule has 2 heterocycles. The van der Waals surface area contributed by atoms with Gasteiger partial charge >= 0.3 is 0 Å². The van der Waals surface area contributed by atoms with E-state index in [1.54, 1.807) is 9.36 Å². The van der Waals surface area contributed by atoms with Crippen LogP contribution in [0.25, 0.3) is 5.69 Å². The Bertz CT molecular complexity index is 834. The average Bonchev–Trinajstić information content (AvgIpc) is 2.87. The number of carbonyl (C=O) groups excluding carboxylic acids is 1. The number of benzene rings is 1. The van der Waals surface area contributed by atoms with E-state index in [1.807, 2.05) is 44.3 Å². The fourth-order valence-corrected chi connectivity index (χ4v) is 3.45. The lowest BCUT2D eigenvalue weighted by atomic mass is 10.3. The van der Waals surface area contributed by atoms with Crippen LogP contribution in [-0.4, -0.2) is 70.9 Å². The number of hydrogen-bond acceptors (Lipinski definition) is 5. The summed E-state index contributed by atoms with van der Waals surface area (Å²) in [6.07, 6.45) is 0. The summed E-state index contributed by atoms with van der Waals surface area (Å²) in [4.78, 5) is 29.8. The van der Waals surface area contributed by atoms with Crippen molar-refractivity contribution in [3.05, 3.63) is 46.4 Å². The van der Waals surface area contributed by atoms with Crippen LogP contribution in [-0.2, 0) is 11.8 Å². The molecule has 146 valence electrons. The maximum atomic E-state index is 12.8. The van der Waals surface area contributed by atoms with Gasteiger partial charge in [0, 0.05) is 46.3 Å². The molecule has 0 unspecified atom stereocenters. The van der Waals surface area contributed by atoms with Crippen molar-refractivity contribution >= 4 is 11.6 Å². The van der Waals surface area contributed by atoms with Crippen molar-refractivity contribution in [2.24, 2.45) is 12.8 Å². The Morgan fingerprint density at radius 2 is 1.74 bits per heavy atom. The molecule has 0 spiro atoms. The van der Waals surface area contributed by atoms with E-state index in [1.165, 1.54) is 0 Å². The lowest BCUT2D eigenvalue weighted by Crippen LogP contribution is -2.49. The molecular formula is C19H28N6O2. The molecule has 1 saturated heterocycles. The molecule has 1 aliphatic heterocycles. The number of nitrogens with zero attached hydrogens (tertiary/aromatic N) is 4. The minimum absolute atomic E-state index is 0.159. The SMILES string of the molecule is Cc1c(NC(=O)CN2CCN(CCN)CC2)c(=O)n(-c2ccccc2)n1C. The van der Waals surface area contributed by atoms with Gasteiger partial charge in [-0.1, -0.05) is 18.2 Å². The van der Waals surface area contributed by atoms with Crippen molar-refractivity contribution in [2.45, 2.75) is 6.92 Å². The van der Waals surface area contributed by atoms with Gasteiger partial charge in [0.05, 0.1) is 17.9 Å². The predicted octanol–water partition coefficient (Wildman–Crippen LogP) is -0.000780. The highest BCUT2D eigenvalue weighted by molar-refractivity contribution is 5.92. The van der Waals surface area contributed by atoms with Gasteiger partial charge in [0.25, 0.3) is 5.56 Å². The fourth-order valence-electron chi connectivity index (χ4n) is 3.45. The van der Waals surface area contributed by atoms with E-state index in [4.69, 9.17) is 5.73 Å². The standard InChI is InChI=1S/C19H28N6O2/c1-15-18(19(27)25(22(15)2)16-6-4-3-5-7-16)21-17(26)14-24-12-10-23(9-8-20)11-13-24/h3-7H,8-14,20H2,1-2H3,(H,21,26). The second kappa shape index (κ2) is 8.51. The Labute approximate surface area is 159 Å². The zero-order chi connectivity index (χ0) is 19.4. The first-order chi connectivity index (χ1) is 13.0. The third kappa shape index (κ3) is 4.29. The molecular weight excluding hydrogens is 344 g/mol. The van der Waals surface area contributed by atoms with Crippen LogP contribution in [0.3, 0.4) is 0 Å². The molecule has 3 rings (SSSR count). The minimum atomic E-state index is -0.220. The molecule has 0 radical (unpaired) electrons. The number of para-hydroxylation sites is 1. The van der Waals surface area contributed by atoms with Crippen molar-refractivity contribution in [3.8, 4) is 5.69 Å². The molecule has 3 N–H and O–H groups in total. The lowest BCUT2D eigenvalue weighted by molar-refractivity contribution is -0.117. The van der Waals surface area contributed by atoms with E-state index in [9.17, 15) is 9.59 Å². The largest absolute Gasteiger partial charge is 0.329 e. The summed E-state index contributed by atoms with van der Waals surface area (Å²) in [5, 5.41) is 2.82. The number of hydrogen-bond donors (Lipinski definition) is 2. The van der Waals surface area contributed by atoms with Crippen LogP contribution in [0.2, 0.25) is 0 Å². The summed E-state index contributed by atoms with van der Waals surface area (Å²) < 4.78 is 3.33. The molecule has 1 fully saturated rings. The van der Waals surface area contributed by atoms with Crippen LogP contribution in [0.1, 0.15) is 5.69 Å². The van der Waals surface area contributed by atoms with Gasteiger partial charge in [-0.25, -0.2) is 4.68 Å². The van der Waals surface area contributed by atoms with Crippen LogP contribution in [0.5, 0.6) is 0 Å². The first-order valence-corrected chi connectivity index (χ1v) is 9.30. The second-order valence-electron chi connectivity index (χ2n) is 6.89. The van der Waals surface area contributed by atoms with Crippen molar-refractivity contribution in [2.75, 3.05) is 51.1 Å². The van der Waals surface area contributed by atoms with Crippen molar-refractivity contribution in [1.82, 2.24) is 19.2 Å².